The Morgan fingerprint density at radius 2 is 1.95 bits per heavy atom. The Morgan fingerprint density at radius 3 is 2.73 bits per heavy atom. The first-order chi connectivity index (χ1) is 18.0. The van der Waals surface area contributed by atoms with E-state index in [0.29, 0.717) is 32.2 Å². The van der Waals surface area contributed by atoms with Gasteiger partial charge in [-0.25, -0.2) is 22.7 Å². The van der Waals surface area contributed by atoms with Gasteiger partial charge in [0.05, 0.1) is 29.7 Å². The number of H-pyrrole nitrogens is 1. The number of aromatic amines is 1. The number of rotatable bonds is 7. The maximum Gasteiger partial charge on any atom is 0.211 e. The van der Waals surface area contributed by atoms with Gasteiger partial charge in [-0.1, -0.05) is 12.1 Å². The Balaban J connectivity index is 1.24. The van der Waals surface area contributed by atoms with Gasteiger partial charge in [0.25, 0.3) is 0 Å². The van der Waals surface area contributed by atoms with Crippen LogP contribution in [0.25, 0.3) is 32.5 Å². The number of nitrogens with zero attached hydrogens (tertiary/aromatic N) is 4. The highest BCUT2D eigenvalue weighted by Gasteiger charge is 2.25. The summed E-state index contributed by atoms with van der Waals surface area (Å²) in [5.74, 6) is 2.22. The molecule has 0 radical (unpaired) electrons. The number of aromatic nitrogens is 3. The Hall–Kier alpha value is -2.57. The Kier molecular flexibility index (Phi) is 6.89. The molecule has 0 unspecified atom stereocenters. The molecule has 2 N–H and O–H groups in total. The molecule has 196 valence electrons. The number of anilines is 1. The van der Waals surface area contributed by atoms with E-state index in [1.54, 1.807) is 15.6 Å². The molecule has 5 heterocycles. The maximum atomic E-state index is 11.8. The highest BCUT2D eigenvalue weighted by Crippen LogP contribution is 2.36. The van der Waals surface area contributed by atoms with Crippen molar-refractivity contribution in [1.82, 2.24) is 24.6 Å². The molecule has 6 rings (SSSR count). The van der Waals surface area contributed by atoms with Crippen LogP contribution in [-0.2, 0) is 21.3 Å². The molecule has 2 saturated heterocycles. The van der Waals surface area contributed by atoms with Gasteiger partial charge in [0.2, 0.25) is 10.0 Å². The topological polar surface area (TPSA) is 103 Å². The summed E-state index contributed by atoms with van der Waals surface area (Å²) < 4.78 is 31.9. The van der Waals surface area contributed by atoms with Gasteiger partial charge >= 0.3 is 0 Å². The number of thiophene rings is 1. The summed E-state index contributed by atoms with van der Waals surface area (Å²) in [5.41, 5.74) is 3.08. The van der Waals surface area contributed by atoms with E-state index in [4.69, 9.17) is 14.7 Å². The van der Waals surface area contributed by atoms with Crippen LogP contribution in [0.3, 0.4) is 0 Å². The summed E-state index contributed by atoms with van der Waals surface area (Å²) in [5, 5.41) is 4.73. The molecule has 2 fully saturated rings. The molecule has 0 saturated carbocycles. The second kappa shape index (κ2) is 10.3. The maximum absolute atomic E-state index is 11.8. The first-order valence-corrected chi connectivity index (χ1v) is 15.5. The van der Waals surface area contributed by atoms with Crippen molar-refractivity contribution >= 4 is 48.3 Å². The average Bonchev–Trinajstić information content (AvgIpc) is 3.55. The SMILES string of the molecule is CS(=O)(=O)N1CCC(CNCc2cc3nc(-c4cccc5[nH]ccc45)nc(N4CCOCC4)c3s2)CC1. The number of piperidine rings is 1. The zero-order valence-electron chi connectivity index (χ0n) is 20.9. The molecule has 0 bridgehead atoms. The van der Waals surface area contributed by atoms with E-state index < -0.39 is 10.0 Å². The third kappa shape index (κ3) is 5.23. The number of sulfonamides is 1. The van der Waals surface area contributed by atoms with Crippen LogP contribution < -0.4 is 10.2 Å². The molecule has 9 nitrogen and oxygen atoms in total. The molecule has 1 aromatic carbocycles. The highest BCUT2D eigenvalue weighted by atomic mass is 32.2. The quantitative estimate of drug-likeness (QED) is 0.370. The Labute approximate surface area is 220 Å². The van der Waals surface area contributed by atoms with Crippen molar-refractivity contribution < 1.29 is 13.2 Å². The first-order valence-electron chi connectivity index (χ1n) is 12.8. The van der Waals surface area contributed by atoms with Crippen molar-refractivity contribution in [3.63, 3.8) is 0 Å². The van der Waals surface area contributed by atoms with Crippen LogP contribution in [0.1, 0.15) is 17.7 Å². The van der Waals surface area contributed by atoms with Gasteiger partial charge < -0.3 is 19.9 Å². The molecule has 2 aliphatic rings. The smallest absolute Gasteiger partial charge is 0.211 e. The van der Waals surface area contributed by atoms with Crippen LogP contribution in [0.5, 0.6) is 0 Å². The zero-order chi connectivity index (χ0) is 25.4. The second-order valence-corrected chi connectivity index (χ2v) is 13.0. The predicted octanol–water partition coefficient (Wildman–Crippen LogP) is 3.44. The summed E-state index contributed by atoms with van der Waals surface area (Å²) in [6.07, 6.45) is 5.04. The minimum Gasteiger partial charge on any atom is -0.378 e. The van der Waals surface area contributed by atoms with Gasteiger partial charge in [-0.05, 0) is 43.5 Å². The molecule has 11 heteroatoms. The standard InChI is InChI=1S/C26H32N6O3S2/c1-37(33,34)32-9-6-18(7-10-32)16-27-17-19-15-23-24(36-19)26(31-11-13-35-14-12-31)30-25(29-23)21-3-2-4-22-20(21)5-8-28-22/h2-5,8,15,18,27-28H,6-7,9-14,16-17H2,1H3. The number of fused-ring (bicyclic) bond motifs is 2. The summed E-state index contributed by atoms with van der Waals surface area (Å²) in [7, 11) is -3.09. The molecule has 0 aliphatic carbocycles. The predicted molar refractivity (Wildman–Crippen MR) is 149 cm³/mol. The van der Waals surface area contributed by atoms with E-state index in [-0.39, 0.29) is 0 Å². The Morgan fingerprint density at radius 1 is 1.14 bits per heavy atom. The number of hydrogen-bond acceptors (Lipinski definition) is 8. The van der Waals surface area contributed by atoms with Crippen molar-refractivity contribution in [2.24, 2.45) is 5.92 Å². The van der Waals surface area contributed by atoms with Crippen LogP contribution in [0.2, 0.25) is 0 Å². The normalized spacial score (nSPS) is 18.2. The van der Waals surface area contributed by atoms with Gasteiger partial charge in [-0.3, -0.25) is 0 Å². The molecule has 0 amide bonds. The summed E-state index contributed by atoms with van der Waals surface area (Å²) in [4.78, 5) is 16.9. The first kappa shape index (κ1) is 24.7. The van der Waals surface area contributed by atoms with Gasteiger partial charge in [-0.15, -0.1) is 11.3 Å². The molecule has 2 aliphatic heterocycles. The molecular formula is C26H32N6O3S2. The average molecular weight is 541 g/mol. The van der Waals surface area contributed by atoms with E-state index in [0.717, 1.165) is 77.3 Å². The lowest BCUT2D eigenvalue weighted by atomic mass is 9.98. The molecule has 3 aromatic heterocycles. The van der Waals surface area contributed by atoms with E-state index in [1.807, 2.05) is 12.3 Å². The van der Waals surface area contributed by atoms with Gasteiger partial charge in [0, 0.05) is 60.3 Å². The van der Waals surface area contributed by atoms with Crippen molar-refractivity contribution in [3.8, 4) is 11.4 Å². The molecular weight excluding hydrogens is 508 g/mol. The zero-order valence-corrected chi connectivity index (χ0v) is 22.6. The highest BCUT2D eigenvalue weighted by molar-refractivity contribution is 7.88. The van der Waals surface area contributed by atoms with Gasteiger partial charge in [0.15, 0.2) is 11.6 Å². The molecule has 0 atom stereocenters. The van der Waals surface area contributed by atoms with E-state index in [1.165, 1.54) is 11.1 Å². The molecule has 37 heavy (non-hydrogen) atoms. The summed E-state index contributed by atoms with van der Waals surface area (Å²) >= 11 is 1.75. The fourth-order valence-electron chi connectivity index (χ4n) is 5.29. The summed E-state index contributed by atoms with van der Waals surface area (Å²) in [6, 6.07) is 10.5. The minimum absolute atomic E-state index is 0.490. The van der Waals surface area contributed by atoms with Crippen LogP contribution >= 0.6 is 11.3 Å². The lowest BCUT2D eigenvalue weighted by Gasteiger charge is -2.30. The lowest BCUT2D eigenvalue weighted by Crippen LogP contribution is -2.40. The van der Waals surface area contributed by atoms with Crippen LogP contribution in [0.15, 0.2) is 36.5 Å². The van der Waals surface area contributed by atoms with Crippen molar-refractivity contribution in [1.29, 1.82) is 0 Å². The van der Waals surface area contributed by atoms with E-state index >= 15 is 0 Å². The van der Waals surface area contributed by atoms with Crippen LogP contribution in [0.4, 0.5) is 5.82 Å². The fourth-order valence-corrected chi connectivity index (χ4v) is 7.24. The lowest BCUT2D eigenvalue weighted by molar-refractivity contribution is 0.122. The number of hydrogen-bond donors (Lipinski definition) is 2. The third-order valence-corrected chi connectivity index (χ3v) is 9.75. The van der Waals surface area contributed by atoms with Gasteiger partial charge in [-0.2, -0.15) is 0 Å². The van der Waals surface area contributed by atoms with E-state index in [9.17, 15) is 8.42 Å². The third-order valence-electron chi connectivity index (χ3n) is 7.33. The summed E-state index contributed by atoms with van der Waals surface area (Å²) in [6.45, 7) is 5.91. The largest absolute Gasteiger partial charge is 0.378 e. The van der Waals surface area contributed by atoms with Crippen molar-refractivity contribution in [2.75, 3.05) is 57.1 Å². The monoisotopic (exact) mass is 540 g/mol. The number of benzene rings is 1. The number of nitrogens with one attached hydrogen (secondary N) is 2. The number of morpholine rings is 1. The van der Waals surface area contributed by atoms with Gasteiger partial charge in [0.1, 0.15) is 0 Å². The van der Waals surface area contributed by atoms with Crippen LogP contribution in [0, 0.1) is 5.92 Å². The van der Waals surface area contributed by atoms with Crippen molar-refractivity contribution in [3.05, 3.63) is 41.4 Å². The Bertz CT molecular complexity index is 1500. The molecule has 0 spiro atoms. The minimum atomic E-state index is -3.09. The van der Waals surface area contributed by atoms with Crippen molar-refractivity contribution in [2.45, 2.75) is 19.4 Å². The van der Waals surface area contributed by atoms with Crippen LogP contribution in [-0.4, -0.2) is 79.9 Å². The second-order valence-electron chi connectivity index (χ2n) is 9.88. The molecule has 4 aromatic rings. The number of ether oxygens (including phenoxy) is 1. The van der Waals surface area contributed by atoms with E-state index in [2.05, 4.69) is 39.5 Å². The fraction of sp³-hybridized carbons (Fsp3) is 0.462.